The van der Waals surface area contributed by atoms with E-state index in [1.807, 2.05) is 36.4 Å². The first-order chi connectivity index (χ1) is 16.7. The predicted octanol–water partition coefficient (Wildman–Crippen LogP) is 3.68. The summed E-state index contributed by atoms with van der Waals surface area (Å²) in [5.41, 5.74) is 3.09. The Labute approximate surface area is 238 Å². The van der Waals surface area contributed by atoms with Crippen molar-refractivity contribution in [1.82, 2.24) is 0 Å². The van der Waals surface area contributed by atoms with E-state index in [0.717, 1.165) is 29.4 Å². The Morgan fingerprint density at radius 3 is 1.97 bits per heavy atom. The molecule has 0 amide bonds. The van der Waals surface area contributed by atoms with Gasteiger partial charge in [0.25, 0.3) is 0 Å². The van der Waals surface area contributed by atoms with Gasteiger partial charge in [0.2, 0.25) is 0 Å². The quantitative estimate of drug-likeness (QED) is 0.250. The summed E-state index contributed by atoms with van der Waals surface area (Å²) < 4.78 is 32.8. The SMILES string of the molecule is CS(=O)(=O)Oc1ccc(OCCc2ccc(CC(SCCc3ccc(O)cc3)C(=O)O)cc2)cc1.[NaH]. The van der Waals surface area contributed by atoms with Crippen molar-refractivity contribution in [2.24, 2.45) is 0 Å². The first-order valence-electron chi connectivity index (χ1n) is 11.0. The molecule has 0 aliphatic heterocycles. The first-order valence-corrected chi connectivity index (χ1v) is 13.9. The Balaban J connectivity index is 0.00000456. The second-order valence-electron chi connectivity index (χ2n) is 7.99. The van der Waals surface area contributed by atoms with E-state index in [9.17, 15) is 23.4 Å². The van der Waals surface area contributed by atoms with E-state index in [-0.39, 0.29) is 41.1 Å². The standard InChI is InChI=1S/C26H28O7S2.Na.H/c1-35(30,31)33-24-12-10-23(11-13-24)32-16-14-19-2-4-21(5-3-19)18-25(26(28)29)34-17-15-20-6-8-22(27)9-7-20;;/h2-13,25,27H,14-18H2,1H3,(H,28,29);;. The second-order valence-corrected chi connectivity index (χ2v) is 10.9. The van der Waals surface area contributed by atoms with Crippen LogP contribution >= 0.6 is 11.8 Å². The van der Waals surface area contributed by atoms with Gasteiger partial charge in [0, 0.05) is 6.42 Å². The van der Waals surface area contributed by atoms with Crippen molar-refractivity contribution in [2.75, 3.05) is 18.6 Å². The third kappa shape index (κ3) is 10.8. The molecule has 7 nitrogen and oxygen atoms in total. The van der Waals surface area contributed by atoms with Crippen molar-refractivity contribution in [2.45, 2.75) is 24.5 Å². The molecule has 2 N–H and O–H groups in total. The third-order valence-electron chi connectivity index (χ3n) is 5.10. The molecule has 3 aromatic rings. The minimum atomic E-state index is -3.56. The van der Waals surface area contributed by atoms with Gasteiger partial charge in [-0.1, -0.05) is 36.4 Å². The molecule has 0 saturated heterocycles. The van der Waals surface area contributed by atoms with E-state index in [1.54, 1.807) is 24.3 Å². The van der Waals surface area contributed by atoms with Crippen LogP contribution < -0.4 is 8.92 Å². The van der Waals surface area contributed by atoms with Crippen LogP contribution in [0, 0.1) is 0 Å². The molecule has 10 heteroatoms. The van der Waals surface area contributed by atoms with Gasteiger partial charge in [-0.3, -0.25) is 4.79 Å². The summed E-state index contributed by atoms with van der Waals surface area (Å²) in [7, 11) is -3.56. The van der Waals surface area contributed by atoms with Gasteiger partial charge in [0.05, 0.1) is 12.9 Å². The van der Waals surface area contributed by atoms with Crippen molar-refractivity contribution >= 4 is 57.4 Å². The fourth-order valence-corrected chi connectivity index (χ4v) is 4.86. The van der Waals surface area contributed by atoms with Crippen LogP contribution in [0.5, 0.6) is 17.2 Å². The van der Waals surface area contributed by atoms with Crippen molar-refractivity contribution < 1.29 is 32.3 Å². The maximum absolute atomic E-state index is 11.7. The van der Waals surface area contributed by atoms with Gasteiger partial charge in [-0.15, -0.1) is 11.8 Å². The monoisotopic (exact) mass is 540 g/mol. The summed E-state index contributed by atoms with van der Waals surface area (Å²) in [5, 5.41) is 18.4. The van der Waals surface area contributed by atoms with E-state index >= 15 is 0 Å². The van der Waals surface area contributed by atoms with Gasteiger partial charge in [0.1, 0.15) is 22.5 Å². The summed E-state index contributed by atoms with van der Waals surface area (Å²) in [6.07, 6.45) is 2.84. The van der Waals surface area contributed by atoms with Crippen LogP contribution in [-0.4, -0.2) is 78.0 Å². The second kappa shape index (κ2) is 14.5. The van der Waals surface area contributed by atoms with Crippen LogP contribution in [0.3, 0.4) is 0 Å². The van der Waals surface area contributed by atoms with Gasteiger partial charge in [-0.2, -0.15) is 8.42 Å². The molecule has 0 aliphatic carbocycles. The molecular weight excluding hydrogens is 511 g/mol. The molecule has 1 atom stereocenters. The zero-order valence-electron chi connectivity index (χ0n) is 19.3. The molecule has 0 spiro atoms. The number of thioether (sulfide) groups is 1. The zero-order chi connectivity index (χ0) is 25.3. The van der Waals surface area contributed by atoms with Gasteiger partial charge < -0.3 is 19.1 Å². The molecule has 0 heterocycles. The van der Waals surface area contributed by atoms with Crippen molar-refractivity contribution in [3.8, 4) is 17.2 Å². The van der Waals surface area contributed by atoms with Crippen molar-refractivity contribution in [1.29, 1.82) is 0 Å². The van der Waals surface area contributed by atoms with Crippen molar-refractivity contribution in [3.05, 3.63) is 89.5 Å². The minimum absolute atomic E-state index is 0. The van der Waals surface area contributed by atoms with Crippen LogP contribution in [0.15, 0.2) is 72.8 Å². The number of carboxylic acid groups (broad SMARTS) is 1. The van der Waals surface area contributed by atoms with Crippen LogP contribution in [0.25, 0.3) is 0 Å². The molecule has 0 aromatic heterocycles. The van der Waals surface area contributed by atoms with Gasteiger partial charge in [-0.05, 0) is 71.7 Å². The number of hydrogen-bond acceptors (Lipinski definition) is 7. The van der Waals surface area contributed by atoms with Crippen LogP contribution in [0.2, 0.25) is 0 Å². The van der Waals surface area contributed by atoms with Gasteiger partial charge >= 0.3 is 45.6 Å². The summed E-state index contributed by atoms with van der Waals surface area (Å²) in [5.74, 6) is 0.907. The molecule has 0 fully saturated rings. The number of hydrogen-bond donors (Lipinski definition) is 2. The summed E-state index contributed by atoms with van der Waals surface area (Å²) >= 11 is 1.42. The Kier molecular flexibility index (Phi) is 12.1. The molecule has 0 saturated carbocycles. The number of carbonyl (C=O) groups is 1. The zero-order valence-corrected chi connectivity index (χ0v) is 20.9. The molecular formula is C26H29NaO7S2. The van der Waals surface area contributed by atoms with E-state index in [1.165, 1.54) is 23.9 Å². The van der Waals surface area contributed by atoms with Crippen LogP contribution in [-0.2, 0) is 34.2 Å². The van der Waals surface area contributed by atoms with Crippen molar-refractivity contribution in [3.63, 3.8) is 0 Å². The predicted molar refractivity (Wildman–Crippen MR) is 144 cm³/mol. The Morgan fingerprint density at radius 1 is 0.861 bits per heavy atom. The van der Waals surface area contributed by atoms with Crippen LogP contribution in [0.4, 0.5) is 0 Å². The summed E-state index contributed by atoms with van der Waals surface area (Å²) in [6.45, 7) is 0.441. The molecule has 1 unspecified atom stereocenters. The van der Waals surface area contributed by atoms with Gasteiger partial charge in [0.15, 0.2) is 0 Å². The third-order valence-corrected chi connectivity index (χ3v) is 6.80. The van der Waals surface area contributed by atoms with Crippen LogP contribution in [0.1, 0.15) is 16.7 Å². The molecule has 0 radical (unpaired) electrons. The number of aliphatic carboxylic acids is 1. The number of carboxylic acids is 1. The maximum atomic E-state index is 11.7. The fraction of sp³-hybridized carbons (Fsp3) is 0.269. The topological polar surface area (TPSA) is 110 Å². The van der Waals surface area contributed by atoms with E-state index in [0.29, 0.717) is 31.0 Å². The summed E-state index contributed by atoms with van der Waals surface area (Å²) in [6, 6.07) is 21.2. The van der Waals surface area contributed by atoms with E-state index in [2.05, 4.69) is 0 Å². The number of phenols is 1. The average molecular weight is 541 g/mol. The average Bonchev–Trinajstić information content (AvgIpc) is 2.81. The summed E-state index contributed by atoms with van der Waals surface area (Å²) in [4.78, 5) is 11.7. The normalized spacial score (nSPS) is 11.8. The van der Waals surface area contributed by atoms with E-state index in [4.69, 9.17) is 8.92 Å². The number of ether oxygens (including phenoxy) is 1. The van der Waals surface area contributed by atoms with Gasteiger partial charge in [-0.25, -0.2) is 0 Å². The Hall–Kier alpha value is -2.17. The van der Waals surface area contributed by atoms with E-state index < -0.39 is 21.3 Å². The first kappa shape index (κ1) is 30.1. The molecule has 0 bridgehead atoms. The number of aromatic hydroxyl groups is 1. The molecule has 0 aliphatic rings. The Morgan fingerprint density at radius 2 is 1.39 bits per heavy atom. The molecule has 36 heavy (non-hydrogen) atoms. The number of aryl methyl sites for hydroxylation is 1. The molecule has 188 valence electrons. The number of benzene rings is 3. The Bertz CT molecular complexity index is 1200. The molecule has 3 rings (SSSR count). The number of rotatable bonds is 13. The fourth-order valence-electron chi connectivity index (χ4n) is 3.31. The molecule has 3 aromatic carbocycles. The number of phenolic OH excluding ortho intramolecular Hbond substituents is 1.